The summed E-state index contributed by atoms with van der Waals surface area (Å²) in [7, 11) is 3.19. The predicted molar refractivity (Wildman–Crippen MR) is 84.9 cm³/mol. The Balaban J connectivity index is 2.04. The quantitative estimate of drug-likeness (QED) is 0.899. The van der Waals surface area contributed by atoms with Crippen LogP contribution in [0.5, 0.6) is 11.5 Å². The van der Waals surface area contributed by atoms with Gasteiger partial charge in [-0.25, -0.2) is 0 Å². The molecule has 0 saturated carbocycles. The fraction of sp³-hybridized carbons (Fsp3) is 0.188. The second kappa shape index (κ2) is 7.13. The van der Waals surface area contributed by atoms with Crippen molar-refractivity contribution in [3.05, 3.63) is 58.1 Å². The third-order valence-corrected chi connectivity index (χ3v) is 3.72. The largest absolute Gasteiger partial charge is 0.497 e. The van der Waals surface area contributed by atoms with Gasteiger partial charge in [0.1, 0.15) is 11.5 Å². The molecule has 1 N–H and O–H groups in total. The van der Waals surface area contributed by atoms with Gasteiger partial charge in [0.15, 0.2) is 0 Å². The summed E-state index contributed by atoms with van der Waals surface area (Å²) in [5.74, 6) is 1.28. The number of amides is 1. The normalized spacial score (nSPS) is 10.0. The summed E-state index contributed by atoms with van der Waals surface area (Å²) in [6, 6.07) is 12.9. The van der Waals surface area contributed by atoms with E-state index in [1.807, 2.05) is 24.3 Å². The first-order valence-electron chi connectivity index (χ1n) is 6.38. The fourth-order valence-electron chi connectivity index (χ4n) is 1.83. The van der Waals surface area contributed by atoms with Gasteiger partial charge in [0.25, 0.3) is 5.91 Å². The molecule has 0 atom stereocenters. The minimum Gasteiger partial charge on any atom is -0.497 e. The molecule has 0 bridgehead atoms. The van der Waals surface area contributed by atoms with E-state index in [4.69, 9.17) is 9.47 Å². The van der Waals surface area contributed by atoms with Gasteiger partial charge in [-0.3, -0.25) is 4.79 Å². The topological polar surface area (TPSA) is 47.6 Å². The van der Waals surface area contributed by atoms with E-state index in [-0.39, 0.29) is 5.91 Å². The molecule has 0 aliphatic rings. The minimum absolute atomic E-state index is 0.156. The van der Waals surface area contributed by atoms with Crippen LogP contribution in [0.2, 0.25) is 0 Å². The highest BCUT2D eigenvalue weighted by molar-refractivity contribution is 9.10. The average molecular weight is 350 g/mol. The number of hydrogen-bond acceptors (Lipinski definition) is 3. The molecule has 0 aliphatic heterocycles. The number of rotatable bonds is 5. The molecular formula is C16H16BrNO3. The summed E-state index contributed by atoms with van der Waals surface area (Å²) >= 11 is 3.37. The van der Waals surface area contributed by atoms with Crippen molar-refractivity contribution in [1.82, 2.24) is 5.32 Å². The van der Waals surface area contributed by atoms with Gasteiger partial charge in [-0.1, -0.05) is 12.1 Å². The smallest absolute Gasteiger partial charge is 0.252 e. The first-order chi connectivity index (χ1) is 10.1. The monoisotopic (exact) mass is 349 g/mol. The molecule has 4 nitrogen and oxygen atoms in total. The van der Waals surface area contributed by atoms with E-state index >= 15 is 0 Å². The molecule has 0 unspecified atom stereocenters. The van der Waals surface area contributed by atoms with E-state index in [9.17, 15) is 4.79 Å². The lowest BCUT2D eigenvalue weighted by Crippen LogP contribution is -2.23. The van der Waals surface area contributed by atoms with Gasteiger partial charge < -0.3 is 14.8 Å². The molecular weight excluding hydrogens is 334 g/mol. The van der Waals surface area contributed by atoms with Crippen molar-refractivity contribution in [3.8, 4) is 11.5 Å². The van der Waals surface area contributed by atoms with Crippen molar-refractivity contribution in [2.45, 2.75) is 6.54 Å². The van der Waals surface area contributed by atoms with Crippen molar-refractivity contribution >= 4 is 21.8 Å². The van der Waals surface area contributed by atoms with E-state index in [0.717, 1.165) is 15.8 Å². The Labute approximate surface area is 132 Å². The highest BCUT2D eigenvalue weighted by Gasteiger charge is 2.11. The standard InChI is InChI=1S/C16H16BrNO3/c1-20-12-5-3-11(4-6-12)10-18-16(19)14-9-13(21-2)7-8-15(14)17/h3-9H,10H2,1-2H3,(H,18,19). The van der Waals surface area contributed by atoms with Crippen LogP contribution < -0.4 is 14.8 Å². The van der Waals surface area contributed by atoms with Crippen LogP contribution in [-0.4, -0.2) is 20.1 Å². The molecule has 2 aromatic carbocycles. The van der Waals surface area contributed by atoms with E-state index in [1.54, 1.807) is 32.4 Å². The molecule has 0 spiro atoms. The van der Waals surface area contributed by atoms with Gasteiger partial charge in [-0.05, 0) is 51.8 Å². The first kappa shape index (κ1) is 15.4. The van der Waals surface area contributed by atoms with E-state index in [1.165, 1.54) is 0 Å². The van der Waals surface area contributed by atoms with Gasteiger partial charge in [0.2, 0.25) is 0 Å². The van der Waals surface area contributed by atoms with Gasteiger partial charge in [-0.15, -0.1) is 0 Å². The lowest BCUT2D eigenvalue weighted by Gasteiger charge is -2.09. The van der Waals surface area contributed by atoms with Crippen LogP contribution in [-0.2, 0) is 6.54 Å². The maximum atomic E-state index is 12.2. The van der Waals surface area contributed by atoms with Crippen molar-refractivity contribution in [3.63, 3.8) is 0 Å². The highest BCUT2D eigenvalue weighted by atomic mass is 79.9. The lowest BCUT2D eigenvalue weighted by atomic mass is 10.2. The first-order valence-corrected chi connectivity index (χ1v) is 7.18. The van der Waals surface area contributed by atoms with Crippen LogP contribution in [0.4, 0.5) is 0 Å². The molecule has 0 radical (unpaired) electrons. The predicted octanol–water partition coefficient (Wildman–Crippen LogP) is 3.40. The molecule has 2 rings (SSSR count). The molecule has 5 heteroatoms. The van der Waals surface area contributed by atoms with Crippen molar-refractivity contribution < 1.29 is 14.3 Å². The molecule has 0 aromatic heterocycles. The van der Waals surface area contributed by atoms with Crippen molar-refractivity contribution in [2.75, 3.05) is 14.2 Å². The average Bonchev–Trinajstić information content (AvgIpc) is 2.53. The van der Waals surface area contributed by atoms with Crippen LogP contribution in [0.25, 0.3) is 0 Å². The van der Waals surface area contributed by atoms with E-state index in [0.29, 0.717) is 17.9 Å². The summed E-state index contributed by atoms with van der Waals surface area (Å²) in [4.78, 5) is 12.2. The highest BCUT2D eigenvalue weighted by Crippen LogP contribution is 2.22. The number of halogens is 1. The molecule has 21 heavy (non-hydrogen) atoms. The second-order valence-electron chi connectivity index (χ2n) is 4.38. The molecule has 0 saturated heterocycles. The molecule has 2 aromatic rings. The molecule has 0 fully saturated rings. The maximum Gasteiger partial charge on any atom is 0.252 e. The number of benzene rings is 2. The Morgan fingerprint density at radius 3 is 2.29 bits per heavy atom. The van der Waals surface area contributed by atoms with Gasteiger partial charge in [-0.2, -0.15) is 0 Å². The Kier molecular flexibility index (Phi) is 5.22. The Hall–Kier alpha value is -2.01. The molecule has 0 heterocycles. The molecule has 0 aliphatic carbocycles. The zero-order valence-corrected chi connectivity index (χ0v) is 13.4. The number of carbonyl (C=O) groups excluding carboxylic acids is 1. The number of carbonyl (C=O) groups is 1. The third-order valence-electron chi connectivity index (χ3n) is 3.03. The number of nitrogens with one attached hydrogen (secondary N) is 1. The van der Waals surface area contributed by atoms with E-state index in [2.05, 4.69) is 21.2 Å². The minimum atomic E-state index is -0.156. The fourth-order valence-corrected chi connectivity index (χ4v) is 2.25. The molecule has 1 amide bonds. The van der Waals surface area contributed by atoms with Crippen LogP contribution in [0.15, 0.2) is 46.9 Å². The number of hydrogen-bond donors (Lipinski definition) is 1. The Bertz CT molecular complexity index is 626. The zero-order chi connectivity index (χ0) is 15.2. The zero-order valence-electron chi connectivity index (χ0n) is 11.9. The maximum absolute atomic E-state index is 12.2. The SMILES string of the molecule is COc1ccc(CNC(=O)c2cc(OC)ccc2Br)cc1. The summed E-state index contributed by atoms with van der Waals surface area (Å²) in [5, 5.41) is 2.88. The van der Waals surface area contributed by atoms with Gasteiger partial charge in [0.05, 0.1) is 19.8 Å². The van der Waals surface area contributed by atoms with Crippen LogP contribution in [0.1, 0.15) is 15.9 Å². The second-order valence-corrected chi connectivity index (χ2v) is 5.23. The van der Waals surface area contributed by atoms with Crippen molar-refractivity contribution in [2.24, 2.45) is 0 Å². The van der Waals surface area contributed by atoms with Crippen molar-refractivity contribution in [1.29, 1.82) is 0 Å². The summed E-state index contributed by atoms with van der Waals surface area (Å²) in [5.41, 5.74) is 1.55. The Morgan fingerprint density at radius 1 is 1.05 bits per heavy atom. The van der Waals surface area contributed by atoms with E-state index < -0.39 is 0 Å². The summed E-state index contributed by atoms with van der Waals surface area (Å²) in [6.45, 7) is 0.451. The number of ether oxygens (including phenoxy) is 2. The van der Waals surface area contributed by atoms with Gasteiger partial charge in [0, 0.05) is 11.0 Å². The van der Waals surface area contributed by atoms with Crippen LogP contribution in [0, 0.1) is 0 Å². The third kappa shape index (κ3) is 3.98. The summed E-state index contributed by atoms with van der Waals surface area (Å²) < 4.78 is 11.0. The van der Waals surface area contributed by atoms with Crippen LogP contribution >= 0.6 is 15.9 Å². The van der Waals surface area contributed by atoms with Gasteiger partial charge >= 0.3 is 0 Å². The lowest BCUT2D eigenvalue weighted by molar-refractivity contribution is 0.0950. The number of methoxy groups -OCH3 is 2. The van der Waals surface area contributed by atoms with Crippen LogP contribution in [0.3, 0.4) is 0 Å². The Morgan fingerprint density at radius 2 is 1.67 bits per heavy atom. The molecule has 110 valence electrons. The summed E-state index contributed by atoms with van der Waals surface area (Å²) in [6.07, 6.45) is 0.